The zero-order chi connectivity index (χ0) is 23.1. The molecule has 11 heteroatoms. The molecular formula is C21H26N6O3S2. The highest BCUT2D eigenvalue weighted by molar-refractivity contribution is 7.99. The topological polar surface area (TPSA) is 102 Å². The third-order valence-corrected chi connectivity index (χ3v) is 6.21. The van der Waals surface area contributed by atoms with Crippen molar-refractivity contribution in [1.29, 1.82) is 0 Å². The number of benzene rings is 1. The van der Waals surface area contributed by atoms with Gasteiger partial charge >= 0.3 is 5.97 Å². The summed E-state index contributed by atoms with van der Waals surface area (Å²) in [7, 11) is 3.99. The van der Waals surface area contributed by atoms with E-state index in [0.717, 1.165) is 17.1 Å². The lowest BCUT2D eigenvalue weighted by Gasteiger charge is -2.13. The molecule has 0 saturated heterocycles. The Morgan fingerprint density at radius 1 is 1.19 bits per heavy atom. The fraction of sp³-hybridized carbons (Fsp3) is 0.381. The first-order valence-corrected chi connectivity index (χ1v) is 12.0. The minimum atomic E-state index is -0.336. The first-order chi connectivity index (χ1) is 15.4. The number of carbonyl (C=O) groups is 2. The maximum Gasteiger partial charge on any atom is 0.311 e. The molecule has 0 aliphatic rings. The number of thioether (sulfide) groups is 1. The van der Waals surface area contributed by atoms with Crippen LogP contribution in [0.25, 0.3) is 11.4 Å². The Hall–Kier alpha value is -2.92. The second kappa shape index (κ2) is 11.1. The Kier molecular flexibility index (Phi) is 8.23. The van der Waals surface area contributed by atoms with Gasteiger partial charge in [-0.25, -0.2) is 4.98 Å². The van der Waals surface area contributed by atoms with Crippen LogP contribution < -0.4 is 10.2 Å². The van der Waals surface area contributed by atoms with Gasteiger partial charge in [0.25, 0.3) is 0 Å². The number of rotatable bonds is 10. The highest BCUT2D eigenvalue weighted by Crippen LogP contribution is 2.26. The maximum atomic E-state index is 12.4. The Morgan fingerprint density at radius 3 is 2.59 bits per heavy atom. The van der Waals surface area contributed by atoms with Crippen LogP contribution in [0.3, 0.4) is 0 Å². The number of nitrogens with one attached hydrogen (secondary N) is 1. The van der Waals surface area contributed by atoms with E-state index in [4.69, 9.17) is 4.74 Å². The summed E-state index contributed by atoms with van der Waals surface area (Å²) in [5, 5.41) is 14.2. The Morgan fingerprint density at radius 2 is 1.94 bits per heavy atom. The standard InChI is InChI=1S/C21H26N6O3S2/c1-5-27-19(14-7-9-16(10-8-14)26(3)4)24-25-21(27)32-13-17(28)23-20-22-15(12-31-20)11-18(29)30-6-2/h7-10,12H,5-6,11,13H2,1-4H3,(H,22,23,28). The van der Waals surface area contributed by atoms with Crippen molar-refractivity contribution < 1.29 is 14.3 Å². The minimum absolute atomic E-state index is 0.0901. The number of aromatic nitrogens is 4. The molecule has 0 saturated carbocycles. The van der Waals surface area contributed by atoms with E-state index in [2.05, 4.69) is 20.5 Å². The van der Waals surface area contributed by atoms with Crippen molar-refractivity contribution in [2.24, 2.45) is 0 Å². The van der Waals surface area contributed by atoms with Crippen LogP contribution in [0.1, 0.15) is 19.5 Å². The summed E-state index contributed by atoms with van der Waals surface area (Å²) in [4.78, 5) is 30.2. The van der Waals surface area contributed by atoms with Gasteiger partial charge in [-0.05, 0) is 38.1 Å². The van der Waals surface area contributed by atoms with E-state index < -0.39 is 0 Å². The molecule has 1 aromatic carbocycles. The average molecular weight is 475 g/mol. The van der Waals surface area contributed by atoms with Gasteiger partial charge in [-0.2, -0.15) is 0 Å². The van der Waals surface area contributed by atoms with E-state index in [1.807, 2.05) is 54.8 Å². The highest BCUT2D eigenvalue weighted by atomic mass is 32.2. The fourth-order valence-corrected chi connectivity index (χ4v) is 4.42. The van der Waals surface area contributed by atoms with E-state index in [0.29, 0.717) is 29.1 Å². The summed E-state index contributed by atoms with van der Waals surface area (Å²) in [5.74, 6) is 0.404. The number of carbonyl (C=O) groups excluding carboxylic acids is 2. The Bertz CT molecular complexity index is 1060. The quantitative estimate of drug-likeness (QED) is 0.353. The van der Waals surface area contributed by atoms with Crippen LogP contribution in [0.5, 0.6) is 0 Å². The molecule has 0 aliphatic carbocycles. The number of ether oxygens (including phenoxy) is 1. The molecule has 1 amide bonds. The smallest absolute Gasteiger partial charge is 0.311 e. The van der Waals surface area contributed by atoms with E-state index in [1.165, 1.54) is 23.1 Å². The molecule has 2 aromatic heterocycles. The molecule has 3 rings (SSSR count). The maximum absolute atomic E-state index is 12.4. The number of thiazole rings is 1. The van der Waals surface area contributed by atoms with Gasteiger partial charge in [0.2, 0.25) is 5.91 Å². The molecule has 2 heterocycles. The number of hydrogen-bond acceptors (Lipinski definition) is 9. The van der Waals surface area contributed by atoms with Crippen molar-refractivity contribution in [2.75, 3.05) is 36.7 Å². The van der Waals surface area contributed by atoms with Gasteiger partial charge in [0.15, 0.2) is 16.1 Å². The molecule has 9 nitrogen and oxygen atoms in total. The molecule has 0 spiro atoms. The molecule has 0 fully saturated rings. The highest BCUT2D eigenvalue weighted by Gasteiger charge is 2.16. The molecular weight excluding hydrogens is 448 g/mol. The van der Waals surface area contributed by atoms with Gasteiger partial charge in [0, 0.05) is 37.3 Å². The fourth-order valence-electron chi connectivity index (χ4n) is 2.89. The van der Waals surface area contributed by atoms with Gasteiger partial charge in [-0.15, -0.1) is 21.5 Å². The minimum Gasteiger partial charge on any atom is -0.466 e. The van der Waals surface area contributed by atoms with Crippen molar-refractivity contribution in [1.82, 2.24) is 19.7 Å². The monoisotopic (exact) mass is 474 g/mol. The van der Waals surface area contributed by atoms with Gasteiger partial charge in [0.1, 0.15) is 0 Å². The molecule has 0 unspecified atom stereocenters. The largest absolute Gasteiger partial charge is 0.466 e. The molecule has 0 bridgehead atoms. The van der Waals surface area contributed by atoms with Crippen LogP contribution in [0.4, 0.5) is 10.8 Å². The van der Waals surface area contributed by atoms with Crippen LogP contribution in [0.15, 0.2) is 34.8 Å². The van der Waals surface area contributed by atoms with E-state index in [1.54, 1.807) is 12.3 Å². The summed E-state index contributed by atoms with van der Waals surface area (Å²) in [6, 6.07) is 8.11. The summed E-state index contributed by atoms with van der Waals surface area (Å²) in [5.41, 5.74) is 2.65. The van der Waals surface area contributed by atoms with Crippen molar-refractivity contribution >= 4 is 45.8 Å². The lowest BCUT2D eigenvalue weighted by molar-refractivity contribution is -0.142. The molecule has 3 aromatic rings. The summed E-state index contributed by atoms with van der Waals surface area (Å²) < 4.78 is 6.90. The summed E-state index contributed by atoms with van der Waals surface area (Å²) >= 11 is 2.59. The van der Waals surface area contributed by atoms with Crippen molar-refractivity contribution in [3.63, 3.8) is 0 Å². The summed E-state index contributed by atoms with van der Waals surface area (Å²) in [6.07, 6.45) is 0.0901. The number of hydrogen-bond donors (Lipinski definition) is 1. The van der Waals surface area contributed by atoms with Crippen LogP contribution in [-0.4, -0.2) is 58.1 Å². The molecule has 0 radical (unpaired) electrons. The van der Waals surface area contributed by atoms with Crippen LogP contribution in [-0.2, 0) is 27.3 Å². The normalized spacial score (nSPS) is 10.8. The SMILES string of the molecule is CCOC(=O)Cc1csc(NC(=O)CSc2nnc(-c3ccc(N(C)C)cc3)n2CC)n1. The van der Waals surface area contributed by atoms with Crippen molar-refractivity contribution in [3.05, 3.63) is 35.3 Å². The lowest BCUT2D eigenvalue weighted by atomic mass is 10.2. The Labute approximate surface area is 195 Å². The number of anilines is 2. The lowest BCUT2D eigenvalue weighted by Crippen LogP contribution is -2.15. The van der Waals surface area contributed by atoms with Crippen molar-refractivity contribution in [2.45, 2.75) is 32.0 Å². The van der Waals surface area contributed by atoms with Crippen LogP contribution >= 0.6 is 23.1 Å². The van der Waals surface area contributed by atoms with E-state index >= 15 is 0 Å². The van der Waals surface area contributed by atoms with Gasteiger partial charge in [0.05, 0.1) is 24.5 Å². The van der Waals surface area contributed by atoms with E-state index in [9.17, 15) is 9.59 Å². The van der Waals surface area contributed by atoms with Gasteiger partial charge in [-0.1, -0.05) is 11.8 Å². The summed E-state index contributed by atoms with van der Waals surface area (Å²) in [6.45, 7) is 4.79. The molecule has 170 valence electrons. The van der Waals surface area contributed by atoms with Gasteiger partial charge in [-0.3, -0.25) is 9.59 Å². The molecule has 1 N–H and O–H groups in total. The number of amides is 1. The molecule has 32 heavy (non-hydrogen) atoms. The Balaban J connectivity index is 1.59. The number of nitrogens with zero attached hydrogens (tertiary/aromatic N) is 5. The van der Waals surface area contributed by atoms with Crippen LogP contribution in [0.2, 0.25) is 0 Å². The third kappa shape index (κ3) is 6.07. The number of esters is 1. The zero-order valence-corrected chi connectivity index (χ0v) is 20.1. The van der Waals surface area contributed by atoms with Gasteiger partial charge < -0.3 is 19.5 Å². The average Bonchev–Trinajstić information content (AvgIpc) is 3.38. The second-order valence-electron chi connectivity index (χ2n) is 6.95. The zero-order valence-electron chi connectivity index (χ0n) is 18.5. The van der Waals surface area contributed by atoms with Crippen molar-refractivity contribution in [3.8, 4) is 11.4 Å². The molecule has 0 atom stereocenters. The third-order valence-electron chi connectivity index (χ3n) is 4.44. The predicted molar refractivity (Wildman–Crippen MR) is 127 cm³/mol. The second-order valence-corrected chi connectivity index (χ2v) is 8.75. The first kappa shape index (κ1) is 23.7. The molecule has 0 aliphatic heterocycles. The first-order valence-electron chi connectivity index (χ1n) is 10.1. The van der Waals surface area contributed by atoms with Crippen LogP contribution in [0, 0.1) is 0 Å². The van der Waals surface area contributed by atoms with E-state index in [-0.39, 0.29) is 24.1 Å². The predicted octanol–water partition coefficient (Wildman–Crippen LogP) is 3.32.